The lowest BCUT2D eigenvalue weighted by Crippen LogP contribution is -2.45. The van der Waals surface area contributed by atoms with Crippen molar-refractivity contribution in [3.8, 4) is 5.75 Å². The van der Waals surface area contributed by atoms with Crippen LogP contribution in [-0.4, -0.2) is 40.2 Å². The summed E-state index contributed by atoms with van der Waals surface area (Å²) in [5.41, 5.74) is 1.08. The van der Waals surface area contributed by atoms with Crippen molar-refractivity contribution in [3.05, 3.63) is 47.8 Å². The van der Waals surface area contributed by atoms with Crippen LogP contribution in [0, 0.1) is 11.6 Å². The van der Waals surface area contributed by atoms with Crippen molar-refractivity contribution in [2.75, 3.05) is 13.1 Å². The van der Waals surface area contributed by atoms with E-state index in [-0.39, 0.29) is 17.6 Å². The van der Waals surface area contributed by atoms with Gasteiger partial charge in [-0.15, -0.1) is 0 Å². The summed E-state index contributed by atoms with van der Waals surface area (Å²) in [6, 6.07) is 3.24. The molecular formula is C17H19F2N3O2. The molecule has 0 unspecified atom stereocenters. The van der Waals surface area contributed by atoms with Crippen molar-refractivity contribution in [2.24, 2.45) is 0 Å². The zero-order chi connectivity index (χ0) is 17.1. The van der Waals surface area contributed by atoms with Crippen molar-refractivity contribution in [3.63, 3.8) is 0 Å². The molecule has 7 heteroatoms. The predicted octanol–water partition coefficient (Wildman–Crippen LogP) is 2.86. The summed E-state index contributed by atoms with van der Waals surface area (Å²) in [5.74, 6) is -1.71. The number of carbonyl (C=O) groups is 1. The zero-order valence-corrected chi connectivity index (χ0v) is 13.3. The van der Waals surface area contributed by atoms with E-state index in [9.17, 15) is 13.6 Å². The number of nitrogens with one attached hydrogen (secondary N) is 1. The van der Waals surface area contributed by atoms with Gasteiger partial charge in [-0.1, -0.05) is 0 Å². The molecule has 1 aliphatic heterocycles. The minimum Gasteiger partial charge on any atom is -0.481 e. The van der Waals surface area contributed by atoms with E-state index in [0.717, 1.165) is 30.5 Å². The first-order chi connectivity index (χ1) is 11.5. The van der Waals surface area contributed by atoms with Gasteiger partial charge in [-0.25, -0.2) is 8.78 Å². The fourth-order valence-electron chi connectivity index (χ4n) is 3.00. The summed E-state index contributed by atoms with van der Waals surface area (Å²) in [6.07, 6.45) is 4.76. The Hall–Kier alpha value is -2.44. The lowest BCUT2D eigenvalue weighted by molar-refractivity contribution is -0.139. The van der Waals surface area contributed by atoms with Crippen LogP contribution in [0.1, 0.15) is 31.2 Å². The number of ether oxygens (including phenoxy) is 1. The molecule has 0 saturated carbocycles. The average molecular weight is 335 g/mol. The molecule has 1 fully saturated rings. The Kier molecular flexibility index (Phi) is 4.78. The van der Waals surface area contributed by atoms with Gasteiger partial charge < -0.3 is 9.64 Å². The third-order valence-corrected chi connectivity index (χ3v) is 4.28. The average Bonchev–Trinajstić information content (AvgIpc) is 3.12. The van der Waals surface area contributed by atoms with E-state index in [1.54, 1.807) is 18.0 Å². The van der Waals surface area contributed by atoms with E-state index in [4.69, 9.17) is 4.74 Å². The van der Waals surface area contributed by atoms with Crippen LogP contribution in [0.25, 0.3) is 0 Å². The molecule has 1 aromatic heterocycles. The third kappa shape index (κ3) is 3.55. The molecule has 0 aliphatic carbocycles. The number of likely N-dealkylation sites (tertiary alicyclic amines) is 1. The highest BCUT2D eigenvalue weighted by atomic mass is 19.2. The third-order valence-electron chi connectivity index (χ3n) is 4.28. The van der Waals surface area contributed by atoms with Gasteiger partial charge in [-0.05, 0) is 37.5 Å². The quantitative estimate of drug-likeness (QED) is 0.935. The molecule has 2 aromatic rings. The maximum absolute atomic E-state index is 13.2. The van der Waals surface area contributed by atoms with Crippen LogP contribution in [0.5, 0.6) is 5.75 Å². The Morgan fingerprint density at radius 2 is 2.25 bits per heavy atom. The lowest BCUT2D eigenvalue weighted by Gasteiger charge is -2.34. The van der Waals surface area contributed by atoms with Crippen LogP contribution in [0.3, 0.4) is 0 Å². The molecule has 1 aromatic carbocycles. The second kappa shape index (κ2) is 6.98. The minimum absolute atomic E-state index is 0.137. The number of halogens is 2. The minimum atomic E-state index is -0.995. The SMILES string of the molecule is C[C@@H](Oc1ccc(F)c(F)c1)C(=O)N1CCC[C@@H](c2cn[nH]c2)C1. The summed E-state index contributed by atoms with van der Waals surface area (Å²) in [5, 5.41) is 6.75. The summed E-state index contributed by atoms with van der Waals surface area (Å²) in [7, 11) is 0. The van der Waals surface area contributed by atoms with E-state index < -0.39 is 17.7 Å². The van der Waals surface area contributed by atoms with Crippen LogP contribution >= 0.6 is 0 Å². The molecule has 0 radical (unpaired) electrons. The molecule has 5 nitrogen and oxygen atoms in total. The molecule has 1 amide bonds. The Morgan fingerprint density at radius 3 is 2.96 bits per heavy atom. The first-order valence-corrected chi connectivity index (χ1v) is 7.94. The van der Waals surface area contributed by atoms with Crippen molar-refractivity contribution in [1.29, 1.82) is 0 Å². The topological polar surface area (TPSA) is 58.2 Å². The number of H-pyrrole nitrogens is 1. The Balaban J connectivity index is 1.63. The number of aromatic amines is 1. The van der Waals surface area contributed by atoms with Gasteiger partial charge in [0.1, 0.15) is 5.75 Å². The van der Waals surface area contributed by atoms with E-state index in [0.29, 0.717) is 13.1 Å². The molecule has 0 spiro atoms. The first kappa shape index (κ1) is 16.4. The van der Waals surface area contributed by atoms with Gasteiger partial charge in [0.15, 0.2) is 17.7 Å². The number of benzene rings is 1. The van der Waals surface area contributed by atoms with Gasteiger partial charge in [0.2, 0.25) is 0 Å². The molecule has 1 N–H and O–H groups in total. The number of nitrogens with zero attached hydrogens (tertiary/aromatic N) is 2. The maximum atomic E-state index is 13.2. The van der Waals surface area contributed by atoms with Gasteiger partial charge in [0.25, 0.3) is 5.91 Å². The van der Waals surface area contributed by atoms with E-state index >= 15 is 0 Å². The Bertz CT molecular complexity index is 706. The number of carbonyl (C=O) groups excluding carboxylic acids is 1. The van der Waals surface area contributed by atoms with E-state index in [1.165, 1.54) is 6.07 Å². The molecule has 1 aliphatic rings. The monoisotopic (exact) mass is 335 g/mol. The van der Waals surface area contributed by atoms with Crippen LogP contribution in [-0.2, 0) is 4.79 Å². The zero-order valence-electron chi connectivity index (χ0n) is 13.3. The Labute approximate surface area is 138 Å². The predicted molar refractivity (Wildman–Crippen MR) is 83.6 cm³/mol. The van der Waals surface area contributed by atoms with E-state index in [2.05, 4.69) is 10.2 Å². The highest BCUT2D eigenvalue weighted by molar-refractivity contribution is 5.81. The summed E-state index contributed by atoms with van der Waals surface area (Å²) < 4.78 is 31.7. The van der Waals surface area contributed by atoms with Crippen molar-refractivity contribution < 1.29 is 18.3 Å². The normalized spacial score (nSPS) is 19.1. The van der Waals surface area contributed by atoms with Crippen molar-refractivity contribution >= 4 is 5.91 Å². The lowest BCUT2D eigenvalue weighted by atomic mass is 9.92. The number of hydrogen-bond donors (Lipinski definition) is 1. The molecule has 2 atom stereocenters. The molecule has 3 rings (SSSR count). The number of rotatable bonds is 4. The van der Waals surface area contributed by atoms with Crippen LogP contribution in [0.4, 0.5) is 8.78 Å². The second-order valence-corrected chi connectivity index (χ2v) is 5.99. The second-order valence-electron chi connectivity index (χ2n) is 5.99. The van der Waals surface area contributed by atoms with Crippen LogP contribution < -0.4 is 4.74 Å². The van der Waals surface area contributed by atoms with Crippen LogP contribution in [0.15, 0.2) is 30.6 Å². The number of hydrogen-bond acceptors (Lipinski definition) is 3. The summed E-state index contributed by atoms with van der Waals surface area (Å²) >= 11 is 0. The van der Waals surface area contributed by atoms with Crippen molar-refractivity contribution in [1.82, 2.24) is 15.1 Å². The summed E-state index contributed by atoms with van der Waals surface area (Å²) in [4.78, 5) is 14.3. The highest BCUT2D eigenvalue weighted by Gasteiger charge is 2.29. The van der Waals surface area contributed by atoms with Crippen molar-refractivity contribution in [2.45, 2.75) is 31.8 Å². The molecular weight excluding hydrogens is 316 g/mol. The van der Waals surface area contributed by atoms with Gasteiger partial charge in [0.05, 0.1) is 6.20 Å². The maximum Gasteiger partial charge on any atom is 0.263 e. The first-order valence-electron chi connectivity index (χ1n) is 7.94. The van der Waals surface area contributed by atoms with Gasteiger partial charge >= 0.3 is 0 Å². The van der Waals surface area contributed by atoms with Crippen LogP contribution in [0.2, 0.25) is 0 Å². The summed E-state index contributed by atoms with van der Waals surface area (Å²) in [6.45, 7) is 2.88. The molecule has 24 heavy (non-hydrogen) atoms. The Morgan fingerprint density at radius 1 is 1.42 bits per heavy atom. The highest BCUT2D eigenvalue weighted by Crippen LogP contribution is 2.27. The van der Waals surface area contributed by atoms with Gasteiger partial charge in [-0.2, -0.15) is 5.10 Å². The fraction of sp³-hybridized carbons (Fsp3) is 0.412. The molecule has 0 bridgehead atoms. The standard InChI is InChI=1S/C17H19F2N3O2/c1-11(24-14-4-5-15(18)16(19)7-14)17(23)22-6-2-3-12(10-22)13-8-20-21-9-13/h4-5,7-9,11-12H,2-3,6,10H2,1H3,(H,20,21)/t11-,12-/m1/s1. The largest absolute Gasteiger partial charge is 0.481 e. The smallest absolute Gasteiger partial charge is 0.263 e. The number of amides is 1. The number of piperidine rings is 1. The van der Waals surface area contributed by atoms with E-state index in [1.807, 2.05) is 6.20 Å². The molecule has 2 heterocycles. The fourth-order valence-corrected chi connectivity index (χ4v) is 3.00. The molecule has 128 valence electrons. The number of aromatic nitrogens is 2. The van der Waals surface area contributed by atoms with Gasteiger partial charge in [-0.3, -0.25) is 9.89 Å². The van der Waals surface area contributed by atoms with Gasteiger partial charge in [0, 0.05) is 31.3 Å². The molecule has 1 saturated heterocycles.